The molecule has 0 aliphatic carbocycles. The molecule has 0 aromatic carbocycles. The van der Waals surface area contributed by atoms with Gasteiger partial charge in [-0.1, -0.05) is 0 Å². The largest absolute Gasteiger partial charge is 0.478 e. The zero-order valence-electron chi connectivity index (χ0n) is 18.1. The van der Waals surface area contributed by atoms with Crippen molar-refractivity contribution in [2.24, 2.45) is 0 Å². The number of carbonyl (C=O) groups excluding carboxylic acids is 2. The van der Waals surface area contributed by atoms with Crippen LogP contribution in [0.1, 0.15) is 20.7 Å². The summed E-state index contributed by atoms with van der Waals surface area (Å²) in [5, 5.41) is 18.6. The third-order valence-corrected chi connectivity index (χ3v) is 4.77. The predicted molar refractivity (Wildman–Crippen MR) is 121 cm³/mol. The van der Waals surface area contributed by atoms with Gasteiger partial charge in [0.05, 0.1) is 45.3 Å². The zero-order chi connectivity index (χ0) is 25.7. The fourth-order valence-corrected chi connectivity index (χ4v) is 3.19. The fraction of sp³-hybridized carbons (Fsp3) is 0. The van der Waals surface area contributed by atoms with E-state index in [9.17, 15) is 29.4 Å². The van der Waals surface area contributed by atoms with Crippen LogP contribution in [0.2, 0.25) is 0 Å². The summed E-state index contributed by atoms with van der Waals surface area (Å²) in [6.45, 7) is 0.409. The Morgan fingerprint density at radius 1 is 0.611 bits per heavy atom. The Kier molecular flexibility index (Phi) is 6.68. The molecule has 12 nitrogen and oxygen atoms in total. The Hall–Kier alpha value is -5.52. The lowest BCUT2D eigenvalue weighted by atomic mass is 10.1. The quantitative estimate of drug-likeness (QED) is 0.331. The molecule has 4 aromatic heterocycles. The Balaban J connectivity index is 1.89. The number of ether oxygens (including phenoxy) is 2. The van der Waals surface area contributed by atoms with E-state index in [0.29, 0.717) is 0 Å². The molecular formula is C24H14N4O8. The number of rotatable bonds is 9. The minimum Gasteiger partial charge on any atom is -0.478 e. The van der Waals surface area contributed by atoms with Crippen molar-refractivity contribution in [1.29, 1.82) is 0 Å². The summed E-state index contributed by atoms with van der Waals surface area (Å²) in [5.41, 5.74) is 0.949. The smallest absolute Gasteiger partial charge is 0.335 e. The van der Waals surface area contributed by atoms with Crippen LogP contribution >= 0.6 is 0 Å². The van der Waals surface area contributed by atoms with E-state index in [1.807, 2.05) is 0 Å². The fourth-order valence-electron chi connectivity index (χ4n) is 3.19. The minimum atomic E-state index is -1.17. The van der Waals surface area contributed by atoms with Gasteiger partial charge in [0.25, 0.3) is 12.9 Å². The molecule has 0 atom stereocenters. The highest BCUT2D eigenvalue weighted by Gasteiger charge is 2.16. The first-order valence-corrected chi connectivity index (χ1v) is 10.0. The summed E-state index contributed by atoms with van der Waals surface area (Å²) in [6, 6.07) is 10.8. The lowest BCUT2D eigenvalue weighted by Gasteiger charge is -2.10. The molecule has 0 fully saturated rings. The molecule has 0 bridgehead atoms. The zero-order valence-corrected chi connectivity index (χ0v) is 18.1. The molecule has 0 aliphatic heterocycles. The number of carboxylic acids is 2. The molecule has 0 saturated heterocycles. The van der Waals surface area contributed by atoms with Crippen molar-refractivity contribution >= 4 is 24.9 Å². The maximum absolute atomic E-state index is 11.4. The van der Waals surface area contributed by atoms with Gasteiger partial charge in [-0.3, -0.25) is 19.6 Å². The molecule has 36 heavy (non-hydrogen) atoms. The second kappa shape index (κ2) is 10.2. The molecule has 4 heterocycles. The average Bonchev–Trinajstić information content (AvgIpc) is 2.89. The normalized spacial score (nSPS) is 10.3. The van der Waals surface area contributed by atoms with E-state index in [1.54, 1.807) is 0 Å². The molecule has 0 radical (unpaired) electrons. The summed E-state index contributed by atoms with van der Waals surface area (Å²) in [4.78, 5) is 62.0. The van der Waals surface area contributed by atoms with E-state index in [4.69, 9.17) is 9.47 Å². The van der Waals surface area contributed by atoms with Crippen LogP contribution in [0.15, 0.2) is 60.9 Å². The van der Waals surface area contributed by atoms with Gasteiger partial charge in [0.1, 0.15) is 11.5 Å². The van der Waals surface area contributed by atoms with Crippen LogP contribution in [0, 0.1) is 0 Å². The van der Waals surface area contributed by atoms with Crippen LogP contribution in [0.4, 0.5) is 0 Å². The number of hydrogen-bond donors (Lipinski definition) is 2. The summed E-state index contributed by atoms with van der Waals surface area (Å²) in [7, 11) is 0. The van der Waals surface area contributed by atoms with Crippen LogP contribution in [-0.4, -0.2) is 55.0 Å². The molecule has 0 unspecified atom stereocenters. The van der Waals surface area contributed by atoms with E-state index in [2.05, 4.69) is 19.9 Å². The van der Waals surface area contributed by atoms with Crippen molar-refractivity contribution < 1.29 is 38.9 Å². The van der Waals surface area contributed by atoms with Gasteiger partial charge in [0, 0.05) is 36.7 Å². The van der Waals surface area contributed by atoms with E-state index in [1.165, 1.54) is 60.9 Å². The van der Waals surface area contributed by atoms with Gasteiger partial charge in [-0.2, -0.15) is 0 Å². The van der Waals surface area contributed by atoms with Crippen LogP contribution in [-0.2, 0) is 9.59 Å². The molecule has 0 amide bonds. The number of carbonyl (C=O) groups is 4. The first kappa shape index (κ1) is 23.6. The number of aromatic carboxylic acids is 2. The van der Waals surface area contributed by atoms with Crippen molar-refractivity contribution in [3.05, 3.63) is 72.1 Å². The number of nitrogens with zero attached hydrogens (tertiary/aromatic N) is 4. The van der Waals surface area contributed by atoms with E-state index in [0.717, 1.165) is 0 Å². The van der Waals surface area contributed by atoms with Crippen LogP contribution < -0.4 is 9.47 Å². The molecule has 0 aliphatic rings. The SMILES string of the molecule is O=COc1cc(-c2cc(C(=O)O)ccn2)nc(-c2cc(OC=O)cc(-c3cc(C(=O)O)ccn3)n2)c1. The minimum absolute atomic E-state index is 0.0313. The summed E-state index contributed by atoms with van der Waals surface area (Å²) >= 11 is 0. The molecule has 4 rings (SSSR count). The standard InChI is InChI=1S/C24H14N4O8/c29-11-35-15-7-19(17-5-13(23(31)32)1-3-25-17)27-21(9-15)22-10-16(36-12-30)8-20(28-22)18-6-14(24(33)34)2-4-26-18/h1-12H,(H,31,32)(H,33,34). The lowest BCUT2D eigenvalue weighted by molar-refractivity contribution is -0.121. The molecule has 4 aromatic rings. The van der Waals surface area contributed by atoms with Crippen LogP contribution in [0.3, 0.4) is 0 Å². The van der Waals surface area contributed by atoms with Crippen molar-refractivity contribution in [2.75, 3.05) is 0 Å². The Morgan fingerprint density at radius 3 is 1.31 bits per heavy atom. The molecule has 0 saturated carbocycles. The van der Waals surface area contributed by atoms with Crippen LogP contribution in [0.5, 0.6) is 11.5 Å². The number of pyridine rings is 4. The average molecular weight is 486 g/mol. The highest BCUT2D eigenvalue weighted by Crippen LogP contribution is 2.31. The van der Waals surface area contributed by atoms with Gasteiger partial charge < -0.3 is 19.7 Å². The number of carboxylic acid groups (broad SMARTS) is 2. The summed E-state index contributed by atoms with van der Waals surface area (Å²) in [6.07, 6.45) is 2.59. The monoisotopic (exact) mass is 486 g/mol. The second-order valence-electron chi connectivity index (χ2n) is 7.04. The Bertz CT molecular complexity index is 1390. The number of hydrogen-bond acceptors (Lipinski definition) is 10. The summed E-state index contributed by atoms with van der Waals surface area (Å²) < 4.78 is 9.97. The Labute approximate surface area is 201 Å². The highest BCUT2D eigenvalue weighted by molar-refractivity contribution is 5.89. The first-order valence-electron chi connectivity index (χ1n) is 10.0. The first-order chi connectivity index (χ1) is 17.4. The summed E-state index contributed by atoms with van der Waals surface area (Å²) in [5.74, 6) is -2.22. The van der Waals surface area contributed by atoms with Gasteiger partial charge in [0.15, 0.2) is 0 Å². The Morgan fingerprint density at radius 2 is 0.972 bits per heavy atom. The molecule has 12 heteroatoms. The number of aromatic nitrogens is 4. The van der Waals surface area contributed by atoms with Crippen molar-refractivity contribution in [2.45, 2.75) is 0 Å². The second-order valence-corrected chi connectivity index (χ2v) is 7.04. The molecule has 178 valence electrons. The van der Waals surface area contributed by atoms with Gasteiger partial charge in [-0.15, -0.1) is 0 Å². The third kappa shape index (κ3) is 5.17. The highest BCUT2D eigenvalue weighted by atomic mass is 16.5. The van der Waals surface area contributed by atoms with E-state index >= 15 is 0 Å². The molecule has 2 N–H and O–H groups in total. The topological polar surface area (TPSA) is 179 Å². The van der Waals surface area contributed by atoms with E-state index < -0.39 is 11.9 Å². The van der Waals surface area contributed by atoms with Crippen molar-refractivity contribution in [3.63, 3.8) is 0 Å². The van der Waals surface area contributed by atoms with Gasteiger partial charge in [-0.05, 0) is 24.3 Å². The maximum atomic E-state index is 11.4. The molecular weight excluding hydrogens is 472 g/mol. The lowest BCUT2D eigenvalue weighted by Crippen LogP contribution is -2.01. The van der Waals surface area contributed by atoms with Crippen LogP contribution in [0.25, 0.3) is 34.2 Å². The maximum Gasteiger partial charge on any atom is 0.335 e. The third-order valence-electron chi connectivity index (χ3n) is 4.77. The van der Waals surface area contributed by atoms with E-state index in [-0.39, 0.29) is 69.7 Å². The van der Waals surface area contributed by atoms with Gasteiger partial charge >= 0.3 is 11.9 Å². The van der Waals surface area contributed by atoms with Crippen molar-refractivity contribution in [3.8, 4) is 45.7 Å². The molecule has 0 spiro atoms. The van der Waals surface area contributed by atoms with Gasteiger partial charge in [0.2, 0.25) is 0 Å². The van der Waals surface area contributed by atoms with Crippen molar-refractivity contribution in [1.82, 2.24) is 19.9 Å². The predicted octanol–water partition coefficient (Wildman–Crippen LogP) is 2.73. The van der Waals surface area contributed by atoms with Gasteiger partial charge in [-0.25, -0.2) is 19.6 Å².